The number of nitrogens with two attached hydrogens (primary N) is 5. The zero-order chi connectivity index (χ0) is 83.5. The number of carboxylic acids is 1. The number of alkyl halides is 1. The number of aliphatic hydroxyl groups is 12. The second-order valence-corrected chi connectivity index (χ2v) is 28.2. The van der Waals surface area contributed by atoms with Crippen molar-refractivity contribution in [3.63, 3.8) is 0 Å². The molecule has 0 bridgehead atoms. The van der Waals surface area contributed by atoms with Gasteiger partial charge >= 0.3 is 5.97 Å². The van der Waals surface area contributed by atoms with Crippen LogP contribution in [0.5, 0.6) is 0 Å². The Hall–Kier alpha value is -7.39. The number of rotatable bonds is 29. The van der Waals surface area contributed by atoms with E-state index in [0.717, 1.165) is 28.5 Å². The third kappa shape index (κ3) is 25.8. The van der Waals surface area contributed by atoms with Crippen LogP contribution >= 0.6 is 0 Å². The van der Waals surface area contributed by atoms with Crippen molar-refractivity contribution in [3.05, 3.63) is 180 Å². The van der Waals surface area contributed by atoms with Gasteiger partial charge in [0.25, 0.3) is 5.91 Å². The van der Waals surface area contributed by atoms with E-state index in [9.17, 15) is 75.3 Å². The molecular weight excluding hydrogens is 1520 g/mol. The summed E-state index contributed by atoms with van der Waals surface area (Å²) in [5.74, 6) is -1.51. The van der Waals surface area contributed by atoms with Gasteiger partial charge in [-0.2, -0.15) is 0 Å². The van der Waals surface area contributed by atoms with Gasteiger partial charge in [-0.3, -0.25) is 48.9 Å². The van der Waals surface area contributed by atoms with Crippen LogP contribution in [-0.2, 0) is 86.6 Å². The highest BCUT2D eigenvalue weighted by Gasteiger charge is 2.51. The number of carbonyl (C=O) groups is 2. The van der Waals surface area contributed by atoms with Crippen molar-refractivity contribution in [2.24, 2.45) is 28.7 Å². The highest BCUT2D eigenvalue weighted by atomic mass is 19.1. The highest BCUT2D eigenvalue weighted by Crippen LogP contribution is 2.34. The number of ether oxygens (including phenoxy) is 10. The Morgan fingerprint density at radius 1 is 0.426 bits per heavy atom. The average Bonchev–Trinajstić information content (AvgIpc) is 0.792. The number of hydrogen-bond donors (Lipinski definition) is 19. The van der Waals surface area contributed by atoms with Gasteiger partial charge in [0.2, 0.25) is 0 Å². The first-order valence-electron chi connectivity index (χ1n) is 38.0. The Balaban J connectivity index is 0.000000215. The molecule has 6 saturated heterocycles. The fourth-order valence-corrected chi connectivity index (χ4v) is 13.5. The van der Waals surface area contributed by atoms with Crippen LogP contribution in [0.1, 0.15) is 81.9 Å². The molecule has 0 aromatic carbocycles. The zero-order valence-electron chi connectivity index (χ0n) is 63.8. The van der Waals surface area contributed by atoms with E-state index in [1.165, 1.54) is 12.4 Å². The van der Waals surface area contributed by atoms with Crippen molar-refractivity contribution < 1.29 is 129 Å². The molecule has 12 rings (SSSR count). The molecule has 6 aromatic rings. The molecule has 634 valence electrons. The smallest absolute Gasteiger partial charge is 0.337 e. The lowest BCUT2D eigenvalue weighted by Crippen LogP contribution is -2.65. The van der Waals surface area contributed by atoms with Crippen molar-refractivity contribution in [1.29, 1.82) is 0 Å². The molecule has 26 atom stereocenters. The molecule has 0 spiro atoms. The first-order valence-corrected chi connectivity index (χ1v) is 37.3. The quantitative estimate of drug-likeness (QED) is 0.0209. The molecule has 6 fully saturated rings. The molecule has 40 heteroatoms. The molecule has 6 aliphatic rings. The van der Waals surface area contributed by atoms with E-state index in [1.54, 1.807) is 49.1 Å². The predicted molar refractivity (Wildman–Crippen MR) is 397 cm³/mol. The lowest BCUT2D eigenvalue weighted by molar-refractivity contribution is -0.326. The number of hydrogen-bond acceptors (Lipinski definition) is 37. The number of carbonyl (C=O) groups excluding carboxylic acids is 1. The number of aliphatic hydroxyl groups excluding tert-OH is 12. The van der Waals surface area contributed by atoms with E-state index in [-0.39, 0.29) is 36.8 Å². The standard InChI is InChI=1S/C37H51N7O12.C19H18N4O2.C18H35N3O11.CH3F/c38-24-11-26(28(17-45)52-35(24)51)53-36-25(12-27(29(18-46)55-36)54-37-31(39)33(49)32(48)30(19-47)56-37)43-34(50)20-7-8-23(42-13-20)16-44(14-21-5-1-3-9-40-21)15-22-6-2-4-10-41-22;24-19(25)15-7-8-18(22-11-15)14-23(12-16-5-1-3-9-20-16)13-17-6-2-4-10-21-17;19-6-1-8(10(3-22)28-16(6)27)29-17-7(20)2-9(11(4-23)31-17)30-18-13(21)15(26)14(25)12(5-24)32-18;1-2/h1-10,13,24-33,35-37,45-49,51H,11-12,14-19,38-39H2,(H,43,50);1-11H,12-14H2,(H,24,25);6-18,22-27H,1-5,19-21H2;1H3/t24?,25?,26-,27-,28?,29?,30?,31?,32+,33+,35+,36+,37+;;6?,7?,8-,9-,10?,11?,12?,13?,14+,15+,16+,17+,18+;/m0.0./s1/i;;;1D. The molecule has 1 amide bonds. The second kappa shape index (κ2) is 45.5. The maximum atomic E-state index is 13.8. The van der Waals surface area contributed by atoms with Gasteiger partial charge in [-0.25, -0.2) is 4.79 Å². The summed E-state index contributed by atoms with van der Waals surface area (Å²) in [6.45, 7) is 0.235. The van der Waals surface area contributed by atoms with E-state index in [4.69, 9.17) is 82.5 Å². The SMILES string of the molecule is NC1C[C@H](O[C@@H]2OC(CO)[C@@H](O)[C@H](O)C2N)C(CO)O[C@H]1O[C@H]1CC(N)[C@H](O)OC1CO.NC1C[C@H](O[C@@H]2OC(CO)[C@@H](O[C@@H]3OC(CO)[C@@H](O)[C@H](O)C3N)CC2NC(=O)c2ccc(CN(Cc3ccccn3)Cc3ccccn3)nc2)C(CO)O[C@H]1O.O=C(O)c1ccc(CN(Cc2ccccn2)Cc2ccccn2)nc1.[2H]CF. The normalized spacial score (nSPS) is 32.9. The summed E-state index contributed by atoms with van der Waals surface area (Å²) in [5, 5.41) is 131. The lowest BCUT2D eigenvalue weighted by Gasteiger charge is -2.46. The van der Waals surface area contributed by atoms with Crippen LogP contribution in [0.15, 0.2) is 134 Å². The monoisotopic (exact) mass is 1620 g/mol. The third-order valence-electron chi connectivity index (χ3n) is 19.8. The number of halogens is 1. The summed E-state index contributed by atoms with van der Waals surface area (Å²) in [5.41, 5.74) is 35.6. The second-order valence-electron chi connectivity index (χ2n) is 28.2. The van der Waals surface area contributed by atoms with Crippen LogP contribution in [0.4, 0.5) is 4.39 Å². The van der Waals surface area contributed by atoms with Crippen molar-refractivity contribution in [2.45, 2.75) is 224 Å². The average molecular weight is 1620 g/mol. The van der Waals surface area contributed by atoms with E-state index < -0.39 is 218 Å². The summed E-state index contributed by atoms with van der Waals surface area (Å²) in [7, 11) is -1.00. The summed E-state index contributed by atoms with van der Waals surface area (Å²) in [6.07, 6.45) is -12.3. The largest absolute Gasteiger partial charge is 0.478 e. The van der Waals surface area contributed by atoms with Crippen LogP contribution in [0.2, 0.25) is 0 Å². The molecular formula is C75H107FN14O25. The van der Waals surface area contributed by atoms with Gasteiger partial charge in [-0.1, -0.05) is 24.3 Å². The van der Waals surface area contributed by atoms with Gasteiger partial charge in [0.15, 0.2) is 37.7 Å². The van der Waals surface area contributed by atoms with Crippen molar-refractivity contribution in [1.82, 2.24) is 45.0 Å². The lowest BCUT2D eigenvalue weighted by atomic mass is 9.96. The maximum absolute atomic E-state index is 13.8. The fourth-order valence-electron chi connectivity index (χ4n) is 13.5. The Labute approximate surface area is 663 Å². The van der Waals surface area contributed by atoms with E-state index in [0.29, 0.717) is 45.0 Å². The van der Waals surface area contributed by atoms with Crippen LogP contribution in [-0.4, -0.2) is 324 Å². The molecule has 12 unspecified atom stereocenters. The number of amides is 1. The van der Waals surface area contributed by atoms with Gasteiger partial charge in [-0.05, 0) is 92.1 Å². The van der Waals surface area contributed by atoms with E-state index in [2.05, 4.69) is 45.0 Å². The van der Waals surface area contributed by atoms with E-state index in [1.807, 2.05) is 72.8 Å². The Morgan fingerprint density at radius 3 is 1.08 bits per heavy atom. The van der Waals surface area contributed by atoms with Crippen LogP contribution in [0.25, 0.3) is 0 Å². The minimum atomic E-state index is -1.50. The molecule has 0 radical (unpaired) electrons. The van der Waals surface area contributed by atoms with Crippen molar-refractivity contribution >= 4 is 11.9 Å². The molecule has 24 N–H and O–H groups in total. The Kier molecular flexibility index (Phi) is 35.6. The summed E-state index contributed by atoms with van der Waals surface area (Å²) in [6, 6.07) is 24.2. The maximum Gasteiger partial charge on any atom is 0.337 e. The number of aromatic nitrogens is 6. The topological polar surface area (TPSA) is 615 Å². The van der Waals surface area contributed by atoms with Gasteiger partial charge in [0.1, 0.15) is 61.0 Å². The number of nitrogens with one attached hydrogen (secondary N) is 1. The van der Waals surface area contributed by atoms with Crippen molar-refractivity contribution in [2.75, 3.05) is 46.8 Å². The molecule has 39 nitrogen and oxygen atoms in total. The molecule has 6 aromatic heterocycles. The van der Waals surface area contributed by atoms with Gasteiger partial charge in [0.05, 0.1) is 154 Å². The first-order chi connectivity index (χ1) is 55.9. The molecule has 6 aliphatic heterocycles. The van der Waals surface area contributed by atoms with E-state index >= 15 is 0 Å². The number of aromatic carboxylic acids is 1. The third-order valence-corrected chi connectivity index (χ3v) is 19.8. The molecule has 0 aliphatic carbocycles. The minimum Gasteiger partial charge on any atom is -0.478 e. The molecule has 115 heavy (non-hydrogen) atoms. The van der Waals surface area contributed by atoms with Crippen LogP contribution in [0.3, 0.4) is 0 Å². The summed E-state index contributed by atoms with van der Waals surface area (Å²) >= 11 is 0. The Bertz CT molecular complexity index is 3720. The summed E-state index contributed by atoms with van der Waals surface area (Å²) < 4.78 is 73.3. The minimum absolute atomic E-state index is 0.0375. The highest BCUT2D eigenvalue weighted by molar-refractivity contribution is 5.94. The van der Waals surface area contributed by atoms with Gasteiger partial charge in [0, 0.05) is 82.9 Å². The zero-order valence-corrected chi connectivity index (χ0v) is 62.8. The number of nitrogens with zero attached hydrogens (tertiary/aromatic N) is 8. The number of pyridine rings is 6. The fraction of sp³-hybridized carbons (Fsp3) is 0.573. The van der Waals surface area contributed by atoms with Gasteiger partial charge < -0.3 is 148 Å². The van der Waals surface area contributed by atoms with Crippen LogP contribution in [0, 0.1) is 0 Å². The molecule has 0 saturated carbocycles. The number of carboxylic acid groups (broad SMARTS) is 1. The first kappa shape index (κ1) is 89.9. The van der Waals surface area contributed by atoms with Crippen LogP contribution < -0.4 is 34.0 Å². The Morgan fingerprint density at radius 2 is 0.739 bits per heavy atom. The predicted octanol–water partition coefficient (Wildman–Crippen LogP) is -5.01. The molecule has 12 heterocycles. The van der Waals surface area contributed by atoms with Gasteiger partial charge in [-0.15, -0.1) is 0 Å². The summed E-state index contributed by atoms with van der Waals surface area (Å²) in [4.78, 5) is 55.6. The van der Waals surface area contributed by atoms with Crippen molar-refractivity contribution in [3.8, 4) is 0 Å².